The summed E-state index contributed by atoms with van der Waals surface area (Å²) in [7, 11) is 0. The van der Waals surface area contributed by atoms with E-state index in [-0.39, 0.29) is 5.84 Å². The van der Waals surface area contributed by atoms with Crippen LogP contribution in [0.5, 0.6) is 0 Å². The minimum atomic E-state index is 0.0874. The van der Waals surface area contributed by atoms with Crippen molar-refractivity contribution in [1.82, 2.24) is 4.98 Å². The van der Waals surface area contributed by atoms with E-state index >= 15 is 0 Å². The molecule has 0 aliphatic heterocycles. The molecule has 5 nitrogen and oxygen atoms in total. The zero-order valence-corrected chi connectivity index (χ0v) is 9.11. The van der Waals surface area contributed by atoms with E-state index in [1.54, 1.807) is 12.1 Å². The SMILES string of the molecule is NC(=NO)c1ccc(-c2csc(N)n2)cc1. The lowest BCUT2D eigenvalue weighted by Crippen LogP contribution is -2.12. The van der Waals surface area contributed by atoms with Crippen molar-refractivity contribution in [1.29, 1.82) is 0 Å². The molecule has 0 atom stereocenters. The maximum absolute atomic E-state index is 8.51. The fourth-order valence-corrected chi connectivity index (χ4v) is 1.86. The highest BCUT2D eigenvalue weighted by molar-refractivity contribution is 7.13. The molecule has 0 saturated carbocycles. The van der Waals surface area contributed by atoms with Gasteiger partial charge in [-0.3, -0.25) is 0 Å². The number of thiazole rings is 1. The molecule has 0 saturated heterocycles. The Bertz CT molecular complexity index is 518. The third-order valence-corrected chi connectivity index (χ3v) is 2.78. The predicted molar refractivity (Wildman–Crippen MR) is 64.5 cm³/mol. The van der Waals surface area contributed by atoms with E-state index in [0.717, 1.165) is 11.3 Å². The molecule has 0 unspecified atom stereocenters. The van der Waals surface area contributed by atoms with Gasteiger partial charge in [-0.15, -0.1) is 11.3 Å². The van der Waals surface area contributed by atoms with Crippen LogP contribution >= 0.6 is 11.3 Å². The van der Waals surface area contributed by atoms with Crippen molar-refractivity contribution < 1.29 is 5.21 Å². The molecule has 6 heteroatoms. The second kappa shape index (κ2) is 4.19. The molecule has 1 aromatic heterocycles. The average Bonchev–Trinajstić information content (AvgIpc) is 2.75. The molecule has 5 N–H and O–H groups in total. The Hall–Kier alpha value is -2.08. The third kappa shape index (κ3) is 1.96. The first-order chi connectivity index (χ1) is 7.70. The van der Waals surface area contributed by atoms with Crippen LogP contribution in [-0.4, -0.2) is 16.0 Å². The number of aromatic nitrogens is 1. The largest absolute Gasteiger partial charge is 0.409 e. The average molecular weight is 234 g/mol. The van der Waals surface area contributed by atoms with Crippen molar-refractivity contribution in [3.63, 3.8) is 0 Å². The van der Waals surface area contributed by atoms with Gasteiger partial charge in [0.15, 0.2) is 11.0 Å². The Kier molecular flexibility index (Phi) is 2.74. The quantitative estimate of drug-likeness (QED) is 0.317. The van der Waals surface area contributed by atoms with Gasteiger partial charge in [0, 0.05) is 16.5 Å². The molecule has 0 fully saturated rings. The van der Waals surface area contributed by atoms with Gasteiger partial charge in [-0.2, -0.15) is 0 Å². The van der Waals surface area contributed by atoms with Crippen molar-refractivity contribution in [2.24, 2.45) is 10.9 Å². The second-order valence-corrected chi connectivity index (χ2v) is 4.02. The number of rotatable bonds is 2. The first-order valence-corrected chi connectivity index (χ1v) is 5.38. The van der Waals surface area contributed by atoms with Crippen LogP contribution in [0.15, 0.2) is 34.8 Å². The molecular formula is C10H10N4OS. The van der Waals surface area contributed by atoms with Crippen LogP contribution in [0, 0.1) is 0 Å². The lowest BCUT2D eigenvalue weighted by molar-refractivity contribution is 0.318. The van der Waals surface area contributed by atoms with Gasteiger partial charge in [-0.05, 0) is 0 Å². The van der Waals surface area contributed by atoms with Crippen LogP contribution < -0.4 is 11.5 Å². The van der Waals surface area contributed by atoms with Gasteiger partial charge < -0.3 is 16.7 Å². The van der Waals surface area contributed by atoms with E-state index in [0.29, 0.717) is 10.7 Å². The summed E-state index contributed by atoms with van der Waals surface area (Å²) in [5.41, 5.74) is 13.4. The normalized spacial score (nSPS) is 11.6. The van der Waals surface area contributed by atoms with Crippen molar-refractivity contribution in [3.8, 4) is 11.3 Å². The fourth-order valence-electron chi connectivity index (χ4n) is 1.29. The minimum absolute atomic E-state index is 0.0874. The molecule has 2 aromatic rings. The molecule has 0 radical (unpaired) electrons. The van der Waals surface area contributed by atoms with Crippen LogP contribution in [0.2, 0.25) is 0 Å². The summed E-state index contributed by atoms with van der Waals surface area (Å²) in [5.74, 6) is 0.0874. The molecule has 0 bridgehead atoms. The van der Waals surface area contributed by atoms with Crippen LogP contribution in [-0.2, 0) is 0 Å². The number of anilines is 1. The van der Waals surface area contributed by atoms with Gasteiger partial charge in [-0.25, -0.2) is 4.98 Å². The summed E-state index contributed by atoms with van der Waals surface area (Å²) in [6.45, 7) is 0. The maximum atomic E-state index is 8.51. The summed E-state index contributed by atoms with van der Waals surface area (Å²) in [6.07, 6.45) is 0. The van der Waals surface area contributed by atoms with Gasteiger partial charge in [-0.1, -0.05) is 29.4 Å². The van der Waals surface area contributed by atoms with Crippen LogP contribution in [0.3, 0.4) is 0 Å². The topological polar surface area (TPSA) is 97.5 Å². The standard InChI is InChI=1S/C10H10N4OS/c11-9(14-15)7-3-1-6(2-4-7)8-5-16-10(12)13-8/h1-5,15H,(H2,11,14)(H2,12,13). The maximum Gasteiger partial charge on any atom is 0.180 e. The Labute approximate surface area is 96.0 Å². The first kappa shape index (κ1) is 10.4. The zero-order chi connectivity index (χ0) is 11.5. The second-order valence-electron chi connectivity index (χ2n) is 3.13. The van der Waals surface area contributed by atoms with E-state index in [4.69, 9.17) is 16.7 Å². The fraction of sp³-hybridized carbons (Fsp3) is 0. The van der Waals surface area contributed by atoms with Gasteiger partial charge in [0.25, 0.3) is 0 Å². The van der Waals surface area contributed by atoms with Crippen molar-refractivity contribution in [2.75, 3.05) is 5.73 Å². The predicted octanol–water partition coefficient (Wildman–Crippen LogP) is 1.49. The zero-order valence-electron chi connectivity index (χ0n) is 8.29. The monoisotopic (exact) mass is 234 g/mol. The van der Waals surface area contributed by atoms with Gasteiger partial charge >= 0.3 is 0 Å². The molecular weight excluding hydrogens is 224 g/mol. The molecule has 0 aliphatic rings. The van der Waals surface area contributed by atoms with Crippen molar-refractivity contribution in [3.05, 3.63) is 35.2 Å². The third-order valence-electron chi connectivity index (χ3n) is 2.11. The van der Waals surface area contributed by atoms with Crippen molar-refractivity contribution in [2.45, 2.75) is 0 Å². The Balaban J connectivity index is 2.33. The van der Waals surface area contributed by atoms with Gasteiger partial charge in [0.1, 0.15) is 0 Å². The molecule has 1 heterocycles. The molecule has 0 amide bonds. The summed E-state index contributed by atoms with van der Waals surface area (Å²) >= 11 is 1.39. The molecule has 1 aromatic carbocycles. The highest BCUT2D eigenvalue weighted by Gasteiger charge is 2.03. The number of nitrogens with two attached hydrogens (primary N) is 2. The number of benzene rings is 1. The van der Waals surface area contributed by atoms with Crippen LogP contribution in [0.1, 0.15) is 5.56 Å². The summed E-state index contributed by atoms with van der Waals surface area (Å²) in [4.78, 5) is 4.16. The Morgan fingerprint density at radius 2 is 2.00 bits per heavy atom. The van der Waals surface area contributed by atoms with E-state index in [9.17, 15) is 0 Å². The first-order valence-electron chi connectivity index (χ1n) is 4.50. The van der Waals surface area contributed by atoms with Gasteiger partial charge in [0.2, 0.25) is 0 Å². The number of hydrogen-bond donors (Lipinski definition) is 3. The lowest BCUT2D eigenvalue weighted by Gasteiger charge is -2.00. The van der Waals surface area contributed by atoms with E-state index < -0.39 is 0 Å². The summed E-state index contributed by atoms with van der Waals surface area (Å²) in [6, 6.07) is 7.23. The minimum Gasteiger partial charge on any atom is -0.409 e. The Morgan fingerprint density at radius 3 is 2.50 bits per heavy atom. The summed E-state index contributed by atoms with van der Waals surface area (Å²) in [5, 5.41) is 13.9. The lowest BCUT2D eigenvalue weighted by atomic mass is 10.1. The molecule has 0 spiro atoms. The smallest absolute Gasteiger partial charge is 0.180 e. The number of oxime groups is 1. The molecule has 0 aliphatic carbocycles. The van der Waals surface area contributed by atoms with Gasteiger partial charge in [0.05, 0.1) is 5.69 Å². The number of nitrogen functional groups attached to an aromatic ring is 1. The Morgan fingerprint density at radius 1 is 1.31 bits per heavy atom. The highest BCUT2D eigenvalue weighted by Crippen LogP contribution is 2.23. The number of nitrogens with zero attached hydrogens (tertiary/aromatic N) is 2. The number of hydrogen-bond acceptors (Lipinski definition) is 5. The molecule has 16 heavy (non-hydrogen) atoms. The van der Waals surface area contributed by atoms with E-state index in [1.165, 1.54) is 11.3 Å². The highest BCUT2D eigenvalue weighted by atomic mass is 32.1. The van der Waals surface area contributed by atoms with Crippen LogP contribution in [0.4, 0.5) is 5.13 Å². The van der Waals surface area contributed by atoms with Crippen LogP contribution in [0.25, 0.3) is 11.3 Å². The molecule has 82 valence electrons. The number of amidine groups is 1. The van der Waals surface area contributed by atoms with E-state index in [2.05, 4.69) is 10.1 Å². The van der Waals surface area contributed by atoms with E-state index in [1.807, 2.05) is 17.5 Å². The van der Waals surface area contributed by atoms with Crippen molar-refractivity contribution >= 4 is 22.3 Å². The summed E-state index contributed by atoms with van der Waals surface area (Å²) < 4.78 is 0. The molecule has 2 rings (SSSR count).